The molecule has 0 aliphatic heterocycles. The summed E-state index contributed by atoms with van der Waals surface area (Å²) in [5.41, 5.74) is 1.26. The molecule has 0 unspecified atom stereocenters. The van der Waals surface area contributed by atoms with Crippen molar-refractivity contribution in [1.29, 1.82) is 0 Å². The van der Waals surface area contributed by atoms with E-state index in [1.165, 1.54) is 12.1 Å². The molecule has 118 valence electrons. The van der Waals surface area contributed by atoms with Crippen LogP contribution in [0.25, 0.3) is 5.57 Å². The van der Waals surface area contributed by atoms with E-state index in [4.69, 9.17) is 0 Å². The van der Waals surface area contributed by atoms with Crippen molar-refractivity contribution in [3.63, 3.8) is 0 Å². The molecule has 0 amide bonds. The van der Waals surface area contributed by atoms with Crippen molar-refractivity contribution >= 4 is 5.57 Å². The van der Waals surface area contributed by atoms with Crippen molar-refractivity contribution in [1.82, 2.24) is 5.32 Å². The number of halogens is 3. The summed E-state index contributed by atoms with van der Waals surface area (Å²) in [5, 5.41) is 3.33. The number of nitrogens with one attached hydrogen (secondary N) is 1. The third kappa shape index (κ3) is 7.18. The number of hydrogen-bond donors (Lipinski definition) is 1. The molecule has 1 rings (SSSR count). The minimum Gasteiger partial charge on any atom is -0.405 e. The smallest absolute Gasteiger partial charge is 0.405 e. The molecule has 0 saturated carbocycles. The average molecular weight is 301 g/mol. The first-order valence-corrected chi connectivity index (χ1v) is 6.85. The highest BCUT2D eigenvalue weighted by atomic mass is 19.4. The first-order valence-electron chi connectivity index (χ1n) is 6.85. The average Bonchev–Trinajstić information content (AvgIpc) is 2.32. The third-order valence-electron chi connectivity index (χ3n) is 2.79. The fourth-order valence-corrected chi connectivity index (χ4v) is 1.85. The zero-order valence-electron chi connectivity index (χ0n) is 12.8. The van der Waals surface area contributed by atoms with Crippen LogP contribution < -0.4 is 10.1 Å². The number of ether oxygens (including phenoxy) is 1. The van der Waals surface area contributed by atoms with Crippen LogP contribution >= 0.6 is 0 Å². The van der Waals surface area contributed by atoms with Crippen LogP contribution in [0.1, 0.15) is 39.7 Å². The first kappa shape index (κ1) is 17.6. The Morgan fingerprint density at radius 1 is 1.19 bits per heavy atom. The van der Waals surface area contributed by atoms with E-state index in [2.05, 4.69) is 30.8 Å². The lowest BCUT2D eigenvalue weighted by atomic mass is 10.0. The monoisotopic (exact) mass is 301 g/mol. The van der Waals surface area contributed by atoms with Gasteiger partial charge in [-0.1, -0.05) is 24.3 Å². The zero-order chi connectivity index (χ0) is 16.1. The topological polar surface area (TPSA) is 21.3 Å². The summed E-state index contributed by atoms with van der Waals surface area (Å²) in [6.07, 6.45) is -2.02. The fraction of sp³-hybridized carbons (Fsp3) is 0.500. The van der Waals surface area contributed by atoms with E-state index in [9.17, 15) is 13.2 Å². The lowest BCUT2D eigenvalue weighted by Crippen LogP contribution is -2.36. The van der Waals surface area contributed by atoms with Crippen LogP contribution in [0.2, 0.25) is 0 Å². The van der Waals surface area contributed by atoms with Gasteiger partial charge in [-0.3, -0.25) is 0 Å². The normalized spacial score (nSPS) is 13.4. The Morgan fingerprint density at radius 2 is 1.81 bits per heavy atom. The Morgan fingerprint density at radius 3 is 2.38 bits per heavy atom. The second-order valence-corrected chi connectivity index (χ2v) is 5.90. The molecule has 1 N–H and O–H groups in total. The van der Waals surface area contributed by atoms with Crippen molar-refractivity contribution in [2.75, 3.05) is 6.54 Å². The molecule has 0 aliphatic rings. The molecule has 0 aliphatic carbocycles. The van der Waals surface area contributed by atoms with Crippen LogP contribution in [0.4, 0.5) is 13.2 Å². The minimum absolute atomic E-state index is 0.0268. The predicted octanol–water partition coefficient (Wildman–Crippen LogP) is 4.77. The van der Waals surface area contributed by atoms with Crippen LogP contribution in [0.15, 0.2) is 30.3 Å². The second-order valence-electron chi connectivity index (χ2n) is 5.90. The van der Waals surface area contributed by atoms with Crippen molar-refractivity contribution in [3.05, 3.63) is 35.9 Å². The van der Waals surface area contributed by atoms with Crippen molar-refractivity contribution in [2.45, 2.75) is 46.0 Å². The van der Waals surface area contributed by atoms with Gasteiger partial charge in [0, 0.05) is 11.1 Å². The molecule has 1 aromatic rings. The van der Waals surface area contributed by atoms with Gasteiger partial charge in [0.1, 0.15) is 5.75 Å². The van der Waals surface area contributed by atoms with E-state index in [0.29, 0.717) is 5.56 Å². The molecule has 0 spiro atoms. The molecule has 0 atom stereocenters. The van der Waals surface area contributed by atoms with Crippen molar-refractivity contribution in [2.24, 2.45) is 0 Å². The van der Waals surface area contributed by atoms with E-state index < -0.39 is 6.36 Å². The molecular weight excluding hydrogens is 279 g/mol. The Kier molecular flexibility index (Phi) is 5.84. The van der Waals surface area contributed by atoms with Gasteiger partial charge >= 0.3 is 6.36 Å². The van der Waals surface area contributed by atoms with Gasteiger partial charge in [-0.2, -0.15) is 0 Å². The molecule has 0 radical (unpaired) electrons. The SMILES string of the molecule is CC(=CCCNC(C)(C)C)c1ccccc1OC(F)(F)F. The maximum atomic E-state index is 12.4. The number of allylic oxidation sites excluding steroid dienone is 1. The van der Waals surface area contributed by atoms with E-state index in [0.717, 1.165) is 18.5 Å². The largest absolute Gasteiger partial charge is 0.573 e. The van der Waals surface area contributed by atoms with Gasteiger partial charge in [0.05, 0.1) is 0 Å². The molecule has 21 heavy (non-hydrogen) atoms. The maximum absolute atomic E-state index is 12.4. The summed E-state index contributed by atoms with van der Waals surface area (Å²) in [6, 6.07) is 6.18. The summed E-state index contributed by atoms with van der Waals surface area (Å²) in [4.78, 5) is 0. The van der Waals surface area contributed by atoms with Gasteiger partial charge in [0.2, 0.25) is 0 Å². The van der Waals surface area contributed by atoms with Gasteiger partial charge in [-0.25, -0.2) is 0 Å². The summed E-state index contributed by atoms with van der Waals surface area (Å²) in [6.45, 7) is 8.75. The first-order chi connectivity index (χ1) is 9.58. The van der Waals surface area contributed by atoms with Gasteiger partial charge < -0.3 is 10.1 Å². The minimum atomic E-state index is -4.68. The summed E-state index contributed by atoms with van der Waals surface area (Å²) >= 11 is 0. The Hall–Kier alpha value is -1.49. The van der Waals surface area contributed by atoms with E-state index in [1.54, 1.807) is 19.1 Å². The number of alkyl halides is 3. The quantitative estimate of drug-likeness (QED) is 0.791. The van der Waals surface area contributed by atoms with E-state index >= 15 is 0 Å². The number of rotatable bonds is 5. The molecule has 0 saturated heterocycles. The summed E-state index contributed by atoms with van der Waals surface area (Å²) < 4.78 is 41.2. The molecule has 2 nitrogen and oxygen atoms in total. The van der Waals surface area contributed by atoms with E-state index in [1.807, 2.05) is 6.08 Å². The second kappa shape index (κ2) is 6.98. The van der Waals surface area contributed by atoms with Gasteiger partial charge in [0.15, 0.2) is 0 Å². The van der Waals surface area contributed by atoms with E-state index in [-0.39, 0.29) is 11.3 Å². The number of benzene rings is 1. The lowest BCUT2D eigenvalue weighted by Gasteiger charge is -2.20. The van der Waals surface area contributed by atoms with Crippen LogP contribution in [-0.2, 0) is 0 Å². The summed E-state index contributed by atoms with van der Waals surface area (Å²) in [7, 11) is 0. The lowest BCUT2D eigenvalue weighted by molar-refractivity contribution is -0.274. The van der Waals surface area contributed by atoms with Crippen LogP contribution in [-0.4, -0.2) is 18.4 Å². The highest BCUT2D eigenvalue weighted by Crippen LogP contribution is 2.30. The Balaban J connectivity index is 2.75. The highest BCUT2D eigenvalue weighted by Gasteiger charge is 2.32. The van der Waals surface area contributed by atoms with Crippen molar-refractivity contribution < 1.29 is 17.9 Å². The summed E-state index contributed by atoms with van der Waals surface area (Å²) in [5.74, 6) is -0.164. The van der Waals surface area contributed by atoms with Gasteiger partial charge in [-0.15, -0.1) is 13.2 Å². The molecular formula is C16H22F3NO. The standard InChI is InChI=1S/C16H22F3NO/c1-12(8-7-11-20-15(2,3)4)13-9-5-6-10-14(13)21-16(17,18)19/h5-6,8-10,20H,7,11H2,1-4H3. The number of para-hydroxylation sites is 1. The highest BCUT2D eigenvalue weighted by molar-refractivity contribution is 5.68. The third-order valence-corrected chi connectivity index (χ3v) is 2.79. The Bertz CT molecular complexity index is 487. The molecule has 0 heterocycles. The maximum Gasteiger partial charge on any atom is 0.573 e. The molecule has 0 fully saturated rings. The van der Waals surface area contributed by atoms with Crippen LogP contribution in [0.3, 0.4) is 0 Å². The predicted molar refractivity (Wildman–Crippen MR) is 79.1 cm³/mol. The van der Waals surface area contributed by atoms with Crippen molar-refractivity contribution in [3.8, 4) is 5.75 Å². The van der Waals surface area contributed by atoms with Gasteiger partial charge in [0.25, 0.3) is 0 Å². The fourth-order valence-electron chi connectivity index (χ4n) is 1.85. The molecule has 0 bridgehead atoms. The van der Waals surface area contributed by atoms with Crippen LogP contribution in [0.5, 0.6) is 5.75 Å². The zero-order valence-corrected chi connectivity index (χ0v) is 12.8. The van der Waals surface area contributed by atoms with Crippen LogP contribution in [0, 0.1) is 0 Å². The number of hydrogen-bond acceptors (Lipinski definition) is 2. The Labute approximate surface area is 124 Å². The molecule has 1 aromatic carbocycles. The molecule has 0 aromatic heterocycles. The van der Waals surface area contributed by atoms with Gasteiger partial charge in [-0.05, 0) is 52.3 Å². The molecule has 5 heteroatoms.